The van der Waals surface area contributed by atoms with Crippen LogP contribution in [0.1, 0.15) is 29.5 Å². The van der Waals surface area contributed by atoms with Gasteiger partial charge in [0.2, 0.25) is 5.91 Å². The zero-order chi connectivity index (χ0) is 22.6. The Labute approximate surface area is 192 Å². The van der Waals surface area contributed by atoms with Crippen molar-refractivity contribution < 1.29 is 13.9 Å². The lowest BCUT2D eigenvalue weighted by Crippen LogP contribution is -2.45. The topological polar surface area (TPSA) is 56.2 Å². The second-order valence-electron chi connectivity index (χ2n) is 8.39. The quantitative estimate of drug-likeness (QED) is 0.532. The van der Waals surface area contributed by atoms with Crippen LogP contribution in [0.4, 0.5) is 4.39 Å². The second kappa shape index (κ2) is 9.88. The van der Waals surface area contributed by atoms with Crippen LogP contribution in [0.5, 0.6) is 0 Å². The minimum Gasteiger partial charge on any atom is -0.381 e. The number of carbonyl (C=O) groups is 1. The van der Waals surface area contributed by atoms with Gasteiger partial charge < -0.3 is 10.1 Å². The number of nitrogens with one attached hydrogen (secondary N) is 1. The van der Waals surface area contributed by atoms with E-state index in [1.165, 1.54) is 35.0 Å². The van der Waals surface area contributed by atoms with Crippen molar-refractivity contribution in [3.05, 3.63) is 77.4 Å². The summed E-state index contributed by atoms with van der Waals surface area (Å²) < 4.78 is 21.0. The van der Waals surface area contributed by atoms with Crippen LogP contribution in [0.25, 0.3) is 5.69 Å². The third-order valence-corrected chi connectivity index (χ3v) is 6.92. The van der Waals surface area contributed by atoms with Gasteiger partial charge >= 0.3 is 0 Å². The lowest BCUT2D eigenvalue weighted by molar-refractivity contribution is -0.119. The fraction of sp³-hybridized carbons (Fsp3) is 0.360. The van der Waals surface area contributed by atoms with E-state index in [2.05, 4.69) is 42.3 Å². The number of hydrogen-bond donors (Lipinski definition) is 1. The van der Waals surface area contributed by atoms with Crippen LogP contribution < -0.4 is 5.32 Å². The van der Waals surface area contributed by atoms with E-state index >= 15 is 0 Å². The molecule has 0 spiro atoms. The Kier molecular flexibility index (Phi) is 6.96. The van der Waals surface area contributed by atoms with Gasteiger partial charge in [0, 0.05) is 43.3 Å². The van der Waals surface area contributed by atoms with Crippen LogP contribution in [0.3, 0.4) is 0 Å². The Morgan fingerprint density at radius 2 is 1.84 bits per heavy atom. The molecule has 1 saturated heterocycles. The third-order valence-electron chi connectivity index (χ3n) is 5.95. The Hall–Kier alpha value is -2.64. The summed E-state index contributed by atoms with van der Waals surface area (Å²) in [5.41, 5.74) is 4.22. The fourth-order valence-electron chi connectivity index (χ4n) is 4.26. The molecule has 32 heavy (non-hydrogen) atoms. The second-order valence-corrected chi connectivity index (χ2v) is 9.33. The summed E-state index contributed by atoms with van der Waals surface area (Å²) in [6.07, 6.45) is 5.26. The molecule has 2 aromatic carbocycles. The van der Waals surface area contributed by atoms with Crippen molar-refractivity contribution in [2.24, 2.45) is 0 Å². The molecule has 0 bridgehead atoms. The average Bonchev–Trinajstić information content (AvgIpc) is 3.25. The first-order valence-corrected chi connectivity index (χ1v) is 11.8. The van der Waals surface area contributed by atoms with E-state index in [4.69, 9.17) is 4.74 Å². The minimum absolute atomic E-state index is 0.0436. The first-order chi connectivity index (χ1) is 15.4. The minimum atomic E-state index is -0.254. The predicted molar refractivity (Wildman–Crippen MR) is 125 cm³/mol. The van der Waals surface area contributed by atoms with Gasteiger partial charge in [0.1, 0.15) is 5.82 Å². The van der Waals surface area contributed by atoms with E-state index in [0.717, 1.165) is 29.2 Å². The summed E-state index contributed by atoms with van der Waals surface area (Å²) in [6.45, 7) is 5.92. The summed E-state index contributed by atoms with van der Waals surface area (Å²) in [4.78, 5) is 17.1. The van der Waals surface area contributed by atoms with Gasteiger partial charge in [-0.15, -0.1) is 0 Å². The first-order valence-electron chi connectivity index (χ1n) is 10.8. The number of hydrogen-bond acceptors (Lipinski definition) is 4. The molecule has 1 fully saturated rings. The molecule has 5 nitrogen and oxygen atoms in total. The van der Waals surface area contributed by atoms with E-state index in [9.17, 15) is 9.18 Å². The first kappa shape index (κ1) is 22.6. The SMILES string of the molecule is Cc1cc(C)cc(-n2ccnc2SCC(=O)NCC2(c3ccc(F)cc3)CCOCC2)c1. The van der Waals surface area contributed by atoms with Crippen LogP contribution >= 0.6 is 11.8 Å². The van der Waals surface area contributed by atoms with Gasteiger partial charge in [-0.05, 0) is 67.6 Å². The zero-order valence-corrected chi connectivity index (χ0v) is 19.3. The van der Waals surface area contributed by atoms with E-state index in [1.807, 2.05) is 22.9 Å². The predicted octanol–water partition coefficient (Wildman–Crippen LogP) is 4.58. The lowest BCUT2D eigenvalue weighted by atomic mass is 9.74. The molecular weight excluding hydrogens is 425 g/mol. The van der Waals surface area contributed by atoms with E-state index in [-0.39, 0.29) is 22.9 Å². The molecule has 0 atom stereocenters. The molecule has 4 rings (SSSR count). The maximum atomic E-state index is 13.4. The standard InChI is InChI=1S/C25H28FN3O2S/c1-18-13-19(2)15-22(14-18)29-10-9-27-24(29)32-16-23(30)28-17-25(7-11-31-12-8-25)20-3-5-21(26)6-4-20/h3-6,9-10,13-15H,7-8,11-12,16-17H2,1-2H3,(H,28,30). The number of aromatic nitrogens is 2. The Morgan fingerprint density at radius 1 is 1.16 bits per heavy atom. The highest BCUT2D eigenvalue weighted by Crippen LogP contribution is 2.34. The van der Waals surface area contributed by atoms with Gasteiger partial charge in [0.05, 0.1) is 5.75 Å². The maximum Gasteiger partial charge on any atom is 0.230 e. The number of amides is 1. The van der Waals surface area contributed by atoms with Gasteiger partial charge in [-0.25, -0.2) is 9.37 Å². The summed E-state index contributed by atoms with van der Waals surface area (Å²) in [7, 11) is 0. The van der Waals surface area contributed by atoms with Crippen molar-refractivity contribution in [1.82, 2.24) is 14.9 Å². The van der Waals surface area contributed by atoms with Crippen molar-refractivity contribution in [3.63, 3.8) is 0 Å². The van der Waals surface area contributed by atoms with Crippen LogP contribution in [-0.2, 0) is 14.9 Å². The van der Waals surface area contributed by atoms with Gasteiger partial charge in [-0.1, -0.05) is 30.0 Å². The monoisotopic (exact) mass is 453 g/mol. The van der Waals surface area contributed by atoms with Crippen molar-refractivity contribution in [1.29, 1.82) is 0 Å². The molecule has 1 amide bonds. The summed E-state index contributed by atoms with van der Waals surface area (Å²) in [5.74, 6) is -0.0219. The van der Waals surface area contributed by atoms with Crippen LogP contribution in [0, 0.1) is 19.7 Å². The average molecular weight is 454 g/mol. The number of aryl methyl sites for hydroxylation is 2. The number of carbonyl (C=O) groups excluding carboxylic acids is 1. The lowest BCUT2D eigenvalue weighted by Gasteiger charge is -2.38. The van der Waals surface area contributed by atoms with E-state index < -0.39 is 0 Å². The highest BCUT2D eigenvalue weighted by atomic mass is 32.2. The molecule has 1 aromatic heterocycles. The molecule has 1 aliphatic heterocycles. The maximum absolute atomic E-state index is 13.4. The van der Waals surface area contributed by atoms with Gasteiger partial charge in [-0.2, -0.15) is 0 Å². The van der Waals surface area contributed by atoms with E-state index in [1.54, 1.807) is 6.20 Å². The number of halogens is 1. The fourth-order valence-corrected chi connectivity index (χ4v) is 5.07. The largest absolute Gasteiger partial charge is 0.381 e. The Balaban J connectivity index is 1.40. The van der Waals surface area contributed by atoms with Gasteiger partial charge in [0.15, 0.2) is 5.16 Å². The number of imidazole rings is 1. The molecule has 0 unspecified atom stereocenters. The summed E-state index contributed by atoms with van der Waals surface area (Å²) in [5, 5.41) is 3.88. The Bertz CT molecular complexity index is 1050. The number of nitrogens with zero attached hydrogens (tertiary/aromatic N) is 2. The molecule has 7 heteroatoms. The van der Waals surface area contributed by atoms with Crippen molar-refractivity contribution in [2.75, 3.05) is 25.5 Å². The van der Waals surface area contributed by atoms with Crippen LogP contribution in [-0.4, -0.2) is 41.0 Å². The van der Waals surface area contributed by atoms with Crippen molar-refractivity contribution in [3.8, 4) is 5.69 Å². The van der Waals surface area contributed by atoms with Crippen LogP contribution in [0.2, 0.25) is 0 Å². The molecular formula is C25H28FN3O2S. The number of benzene rings is 2. The third kappa shape index (κ3) is 5.22. The smallest absolute Gasteiger partial charge is 0.230 e. The highest BCUT2D eigenvalue weighted by Gasteiger charge is 2.34. The molecule has 0 saturated carbocycles. The van der Waals surface area contributed by atoms with Crippen LogP contribution in [0.15, 0.2) is 60.0 Å². The van der Waals surface area contributed by atoms with Gasteiger partial charge in [0.25, 0.3) is 0 Å². The normalized spacial score (nSPS) is 15.5. The summed E-state index contributed by atoms with van der Waals surface area (Å²) >= 11 is 1.42. The van der Waals surface area contributed by atoms with Gasteiger partial charge in [-0.3, -0.25) is 9.36 Å². The number of rotatable bonds is 7. The molecule has 0 radical (unpaired) electrons. The van der Waals surface area contributed by atoms with E-state index in [0.29, 0.717) is 19.8 Å². The zero-order valence-electron chi connectivity index (χ0n) is 18.4. The molecule has 3 aromatic rings. The molecule has 1 aliphatic rings. The Morgan fingerprint density at radius 3 is 2.53 bits per heavy atom. The summed E-state index contributed by atoms with van der Waals surface area (Å²) in [6, 6.07) is 13.0. The van der Waals surface area contributed by atoms with Crippen molar-refractivity contribution in [2.45, 2.75) is 37.3 Å². The molecule has 168 valence electrons. The molecule has 0 aliphatic carbocycles. The number of thioether (sulfide) groups is 1. The highest BCUT2D eigenvalue weighted by molar-refractivity contribution is 7.99. The molecule has 1 N–H and O–H groups in total. The number of ether oxygens (including phenoxy) is 1. The molecule has 2 heterocycles. The van der Waals surface area contributed by atoms with Crippen molar-refractivity contribution >= 4 is 17.7 Å².